The van der Waals surface area contributed by atoms with E-state index in [1.807, 2.05) is 13.0 Å². The second kappa shape index (κ2) is 10.2. The Morgan fingerprint density at radius 3 is 2.59 bits per heavy atom. The molecule has 3 atom stereocenters. The molecular weight excluding hydrogens is 276 g/mol. The van der Waals surface area contributed by atoms with Crippen molar-refractivity contribution < 1.29 is 15.0 Å². The second-order valence-electron chi connectivity index (χ2n) is 7.02. The molecule has 1 aliphatic rings. The Bertz CT molecular complexity index is 347. The molecule has 1 fully saturated rings. The number of Topliss-reactive ketones (excluding diaryl/α,β-unsaturated/α-hetero) is 1. The predicted octanol–water partition coefficient (Wildman–Crippen LogP) is 4.02. The Balaban J connectivity index is 2.39. The highest BCUT2D eigenvalue weighted by Gasteiger charge is 2.32. The fraction of sp³-hybridized carbons (Fsp3) is 0.842. The van der Waals surface area contributed by atoms with Crippen molar-refractivity contribution in [3.05, 3.63) is 12.2 Å². The summed E-state index contributed by atoms with van der Waals surface area (Å²) in [4.78, 5) is 12.1. The minimum absolute atomic E-state index is 0.159. The van der Waals surface area contributed by atoms with Gasteiger partial charge in [-0.05, 0) is 38.5 Å². The lowest BCUT2D eigenvalue weighted by atomic mass is 9.88. The maximum absolute atomic E-state index is 12.1. The van der Waals surface area contributed by atoms with Crippen LogP contribution in [0.3, 0.4) is 0 Å². The van der Waals surface area contributed by atoms with Crippen LogP contribution in [0.5, 0.6) is 0 Å². The maximum atomic E-state index is 12.1. The van der Waals surface area contributed by atoms with Crippen LogP contribution in [0.4, 0.5) is 0 Å². The number of aliphatic hydroxyl groups excluding tert-OH is 1. The van der Waals surface area contributed by atoms with E-state index in [4.69, 9.17) is 5.11 Å². The Hall–Kier alpha value is -0.670. The Kier molecular flexibility index (Phi) is 8.96. The average Bonchev–Trinajstić information content (AvgIpc) is 2.81. The number of carbonyl (C=O) groups excluding carboxylic acids is 1. The Labute approximate surface area is 135 Å². The fourth-order valence-corrected chi connectivity index (χ4v) is 3.47. The van der Waals surface area contributed by atoms with Gasteiger partial charge in [0.05, 0.1) is 5.60 Å². The van der Waals surface area contributed by atoms with Gasteiger partial charge in [0, 0.05) is 18.9 Å². The SMILES string of the molecule is CCCC(C)(O)/C=C/C1CCC(=O)C1CCCCCCCO. The highest BCUT2D eigenvalue weighted by Crippen LogP contribution is 2.34. The number of rotatable bonds is 11. The van der Waals surface area contributed by atoms with E-state index in [0.717, 1.165) is 57.8 Å². The first kappa shape index (κ1) is 19.4. The van der Waals surface area contributed by atoms with E-state index in [0.29, 0.717) is 18.1 Å². The van der Waals surface area contributed by atoms with Crippen LogP contribution in [0.1, 0.15) is 78.1 Å². The summed E-state index contributed by atoms with van der Waals surface area (Å²) in [6.45, 7) is 4.20. The molecule has 0 aromatic carbocycles. The number of hydrogen-bond donors (Lipinski definition) is 2. The Morgan fingerprint density at radius 2 is 1.91 bits per heavy atom. The lowest BCUT2D eigenvalue weighted by Crippen LogP contribution is -2.21. The molecule has 1 aliphatic carbocycles. The third-order valence-corrected chi connectivity index (χ3v) is 4.79. The van der Waals surface area contributed by atoms with Crippen LogP contribution in [0, 0.1) is 11.8 Å². The monoisotopic (exact) mass is 310 g/mol. The molecule has 3 heteroatoms. The van der Waals surface area contributed by atoms with Crippen LogP contribution in [-0.4, -0.2) is 28.2 Å². The first-order valence-corrected chi connectivity index (χ1v) is 9.05. The largest absolute Gasteiger partial charge is 0.396 e. The minimum atomic E-state index is -0.741. The summed E-state index contributed by atoms with van der Waals surface area (Å²) in [7, 11) is 0. The highest BCUT2D eigenvalue weighted by atomic mass is 16.3. The molecule has 22 heavy (non-hydrogen) atoms. The highest BCUT2D eigenvalue weighted by molar-refractivity contribution is 5.83. The van der Waals surface area contributed by atoms with Gasteiger partial charge in [0.15, 0.2) is 0 Å². The zero-order valence-electron chi connectivity index (χ0n) is 14.4. The van der Waals surface area contributed by atoms with Gasteiger partial charge in [-0.25, -0.2) is 0 Å². The molecule has 0 saturated heterocycles. The molecular formula is C19H34O3. The van der Waals surface area contributed by atoms with Crippen molar-refractivity contribution >= 4 is 5.78 Å². The van der Waals surface area contributed by atoms with Crippen molar-refractivity contribution in [3.8, 4) is 0 Å². The van der Waals surface area contributed by atoms with Crippen molar-refractivity contribution in [1.29, 1.82) is 0 Å². The zero-order valence-corrected chi connectivity index (χ0v) is 14.4. The first-order chi connectivity index (χ1) is 10.5. The molecule has 0 amide bonds. The van der Waals surface area contributed by atoms with Crippen LogP contribution in [-0.2, 0) is 4.79 Å². The van der Waals surface area contributed by atoms with E-state index in [9.17, 15) is 9.90 Å². The molecule has 0 aromatic heterocycles. The number of unbranched alkanes of at least 4 members (excludes halogenated alkanes) is 4. The maximum Gasteiger partial charge on any atom is 0.136 e. The average molecular weight is 310 g/mol. The Morgan fingerprint density at radius 1 is 1.23 bits per heavy atom. The van der Waals surface area contributed by atoms with Crippen molar-refractivity contribution in [2.75, 3.05) is 6.61 Å². The fourth-order valence-electron chi connectivity index (χ4n) is 3.47. The molecule has 0 radical (unpaired) electrons. The molecule has 1 rings (SSSR count). The second-order valence-corrected chi connectivity index (χ2v) is 7.02. The minimum Gasteiger partial charge on any atom is -0.396 e. The third kappa shape index (κ3) is 7.06. The van der Waals surface area contributed by atoms with Crippen LogP contribution in [0.2, 0.25) is 0 Å². The third-order valence-electron chi connectivity index (χ3n) is 4.79. The number of allylic oxidation sites excluding steroid dienone is 1. The summed E-state index contributed by atoms with van der Waals surface area (Å²) in [5.74, 6) is 0.875. The zero-order chi connectivity index (χ0) is 16.4. The summed E-state index contributed by atoms with van der Waals surface area (Å²) in [5, 5.41) is 19.0. The molecule has 3 unspecified atom stereocenters. The summed E-state index contributed by atoms with van der Waals surface area (Å²) >= 11 is 0. The summed E-state index contributed by atoms with van der Waals surface area (Å²) in [6, 6.07) is 0. The van der Waals surface area contributed by atoms with E-state index in [2.05, 4.69) is 13.0 Å². The number of carbonyl (C=O) groups is 1. The van der Waals surface area contributed by atoms with Gasteiger partial charge in [-0.2, -0.15) is 0 Å². The predicted molar refractivity (Wildman–Crippen MR) is 90.7 cm³/mol. The van der Waals surface area contributed by atoms with Gasteiger partial charge in [-0.3, -0.25) is 4.79 Å². The van der Waals surface area contributed by atoms with Crippen molar-refractivity contribution in [2.45, 2.75) is 83.7 Å². The first-order valence-electron chi connectivity index (χ1n) is 9.05. The van der Waals surface area contributed by atoms with Crippen molar-refractivity contribution in [3.63, 3.8) is 0 Å². The molecule has 2 N–H and O–H groups in total. The van der Waals surface area contributed by atoms with Crippen molar-refractivity contribution in [1.82, 2.24) is 0 Å². The molecule has 0 spiro atoms. The molecule has 0 bridgehead atoms. The molecule has 3 nitrogen and oxygen atoms in total. The molecule has 0 aromatic rings. The molecule has 1 saturated carbocycles. The lowest BCUT2D eigenvalue weighted by molar-refractivity contribution is -0.121. The van der Waals surface area contributed by atoms with E-state index in [-0.39, 0.29) is 12.5 Å². The topological polar surface area (TPSA) is 57.5 Å². The molecule has 0 heterocycles. The van der Waals surface area contributed by atoms with Gasteiger partial charge in [-0.1, -0.05) is 51.2 Å². The number of ketones is 1. The standard InChI is InChI=1S/C19H34O3/c1-3-13-19(2,22)14-12-16-10-11-18(21)17(16)9-7-5-4-6-8-15-20/h12,14,16-17,20,22H,3-11,13,15H2,1-2H3/b14-12+. The van der Waals surface area contributed by atoms with E-state index >= 15 is 0 Å². The van der Waals surface area contributed by atoms with Gasteiger partial charge >= 0.3 is 0 Å². The normalized spacial score (nSPS) is 25.0. The van der Waals surface area contributed by atoms with Crippen LogP contribution in [0.15, 0.2) is 12.2 Å². The van der Waals surface area contributed by atoms with Gasteiger partial charge in [0.1, 0.15) is 5.78 Å². The molecule has 0 aliphatic heterocycles. The van der Waals surface area contributed by atoms with Gasteiger partial charge in [-0.15, -0.1) is 0 Å². The van der Waals surface area contributed by atoms with Gasteiger partial charge in [0.25, 0.3) is 0 Å². The van der Waals surface area contributed by atoms with Crippen LogP contribution < -0.4 is 0 Å². The van der Waals surface area contributed by atoms with E-state index in [1.54, 1.807) is 0 Å². The van der Waals surface area contributed by atoms with Gasteiger partial charge in [0.2, 0.25) is 0 Å². The molecule has 128 valence electrons. The summed E-state index contributed by atoms with van der Waals surface area (Å²) in [5.41, 5.74) is -0.741. The number of hydrogen-bond acceptors (Lipinski definition) is 3. The van der Waals surface area contributed by atoms with Crippen LogP contribution >= 0.6 is 0 Å². The lowest BCUT2D eigenvalue weighted by Gasteiger charge is -2.20. The smallest absolute Gasteiger partial charge is 0.136 e. The van der Waals surface area contributed by atoms with E-state index < -0.39 is 5.60 Å². The van der Waals surface area contributed by atoms with Gasteiger partial charge < -0.3 is 10.2 Å². The van der Waals surface area contributed by atoms with E-state index in [1.165, 1.54) is 0 Å². The quantitative estimate of drug-likeness (QED) is 0.447. The summed E-state index contributed by atoms with van der Waals surface area (Å²) < 4.78 is 0. The van der Waals surface area contributed by atoms with Crippen LogP contribution in [0.25, 0.3) is 0 Å². The van der Waals surface area contributed by atoms with Crippen molar-refractivity contribution in [2.24, 2.45) is 11.8 Å². The number of aliphatic hydroxyl groups is 2. The summed E-state index contributed by atoms with van der Waals surface area (Å²) in [6.07, 6.45) is 13.7.